The van der Waals surface area contributed by atoms with Gasteiger partial charge in [0.2, 0.25) is 17.7 Å². The number of rotatable bonds is 6. The fourth-order valence-corrected chi connectivity index (χ4v) is 7.20. The Hall–Kier alpha value is -3.57. The fourth-order valence-electron chi connectivity index (χ4n) is 5.30. The quantitative estimate of drug-likeness (QED) is 0.174. The number of benzene rings is 2. The van der Waals surface area contributed by atoms with Crippen molar-refractivity contribution < 1.29 is 19.3 Å². The van der Waals surface area contributed by atoms with Gasteiger partial charge >= 0.3 is 0 Å². The SMILES string of the molecule is O=C(CSc1nc2ccc(N3C(=O)[C@@H]4[C@@H](C3=O)[C@H]3C=C[C@H]4C3)cc2s1)Nc1ccccc1[N+](=O)[O-]. The molecular formula is C24H18N4O5S2. The first-order valence-electron chi connectivity index (χ1n) is 11.0. The van der Waals surface area contributed by atoms with Crippen molar-refractivity contribution in [1.82, 2.24) is 4.98 Å². The molecule has 2 aromatic carbocycles. The van der Waals surface area contributed by atoms with Crippen LogP contribution in [-0.2, 0) is 14.4 Å². The van der Waals surface area contributed by atoms with Gasteiger partial charge in [0.25, 0.3) is 5.69 Å². The van der Waals surface area contributed by atoms with Gasteiger partial charge in [0, 0.05) is 6.07 Å². The Morgan fingerprint density at radius 2 is 1.86 bits per heavy atom. The number of thiazole rings is 1. The molecule has 6 rings (SSSR count). The lowest BCUT2D eigenvalue weighted by molar-refractivity contribution is -0.383. The number of para-hydroxylation sites is 2. The van der Waals surface area contributed by atoms with E-state index in [0.29, 0.717) is 15.5 Å². The van der Waals surface area contributed by atoms with Crippen molar-refractivity contribution >= 4 is 68.1 Å². The number of hydrogen-bond donors (Lipinski definition) is 1. The van der Waals surface area contributed by atoms with E-state index in [9.17, 15) is 24.5 Å². The molecule has 35 heavy (non-hydrogen) atoms. The number of anilines is 2. The van der Waals surface area contributed by atoms with Gasteiger partial charge in [-0.1, -0.05) is 36.0 Å². The number of imide groups is 1. The first-order chi connectivity index (χ1) is 16.9. The number of hydrogen-bond acceptors (Lipinski definition) is 8. The van der Waals surface area contributed by atoms with Crippen molar-refractivity contribution in [3.05, 3.63) is 64.7 Å². The first-order valence-corrected chi connectivity index (χ1v) is 12.8. The molecule has 2 aliphatic carbocycles. The Labute approximate surface area is 207 Å². The van der Waals surface area contributed by atoms with Gasteiger partial charge in [-0.15, -0.1) is 11.3 Å². The average Bonchev–Trinajstić information content (AvgIpc) is 3.60. The lowest BCUT2D eigenvalue weighted by Gasteiger charge is -2.17. The number of nitrogens with zero attached hydrogens (tertiary/aromatic N) is 3. The van der Waals surface area contributed by atoms with Crippen LogP contribution in [0.5, 0.6) is 0 Å². The van der Waals surface area contributed by atoms with Crippen molar-refractivity contribution in [2.45, 2.75) is 10.8 Å². The van der Waals surface area contributed by atoms with Gasteiger partial charge in [0.05, 0.1) is 38.4 Å². The van der Waals surface area contributed by atoms with Crippen molar-refractivity contribution in [3.63, 3.8) is 0 Å². The molecule has 9 nitrogen and oxygen atoms in total. The molecule has 0 radical (unpaired) electrons. The molecule has 1 saturated carbocycles. The number of thioether (sulfide) groups is 1. The summed E-state index contributed by atoms with van der Waals surface area (Å²) in [5.74, 6) is -0.785. The predicted octanol–water partition coefficient (Wildman–Crippen LogP) is 4.25. The molecule has 1 aliphatic heterocycles. The first kappa shape index (κ1) is 21.9. The van der Waals surface area contributed by atoms with Crippen LogP contribution in [-0.4, -0.2) is 33.4 Å². The van der Waals surface area contributed by atoms with Crippen LogP contribution < -0.4 is 10.2 Å². The van der Waals surface area contributed by atoms with E-state index in [-0.39, 0.29) is 58.5 Å². The largest absolute Gasteiger partial charge is 0.320 e. The number of fused-ring (bicyclic) bond motifs is 6. The molecule has 1 N–H and O–H groups in total. The van der Waals surface area contributed by atoms with Crippen LogP contribution in [0.2, 0.25) is 0 Å². The Morgan fingerprint density at radius 3 is 2.57 bits per heavy atom. The van der Waals surface area contributed by atoms with E-state index in [2.05, 4.69) is 22.5 Å². The van der Waals surface area contributed by atoms with Gasteiger partial charge in [-0.25, -0.2) is 9.88 Å². The topological polar surface area (TPSA) is 123 Å². The number of nitro groups is 1. The van der Waals surface area contributed by atoms with E-state index in [4.69, 9.17) is 0 Å². The lowest BCUT2D eigenvalue weighted by Crippen LogP contribution is -2.32. The van der Waals surface area contributed by atoms with Crippen LogP contribution in [0.3, 0.4) is 0 Å². The van der Waals surface area contributed by atoms with Gasteiger partial charge in [0.15, 0.2) is 4.34 Å². The third-order valence-electron chi connectivity index (χ3n) is 6.78. The molecule has 2 bridgehead atoms. The molecule has 3 aliphatic rings. The second-order valence-corrected chi connectivity index (χ2v) is 11.0. The monoisotopic (exact) mass is 506 g/mol. The molecule has 176 valence electrons. The molecular weight excluding hydrogens is 488 g/mol. The highest BCUT2D eigenvalue weighted by Gasteiger charge is 2.59. The van der Waals surface area contributed by atoms with Crippen LogP contribution in [0.4, 0.5) is 17.1 Å². The highest BCUT2D eigenvalue weighted by molar-refractivity contribution is 8.01. The summed E-state index contributed by atoms with van der Waals surface area (Å²) in [6.45, 7) is 0. The predicted molar refractivity (Wildman–Crippen MR) is 132 cm³/mol. The molecule has 2 heterocycles. The van der Waals surface area contributed by atoms with E-state index < -0.39 is 4.92 Å². The number of nitrogens with one attached hydrogen (secondary N) is 1. The normalized spacial score (nSPS) is 24.4. The van der Waals surface area contributed by atoms with Gasteiger partial charge in [-0.05, 0) is 42.5 Å². The van der Waals surface area contributed by atoms with Crippen molar-refractivity contribution in [2.75, 3.05) is 16.0 Å². The molecule has 3 aromatic rings. The van der Waals surface area contributed by atoms with Gasteiger partial charge in [0.1, 0.15) is 5.69 Å². The Balaban J connectivity index is 1.16. The molecule has 0 unspecified atom stereocenters. The van der Waals surface area contributed by atoms with Crippen LogP contribution >= 0.6 is 23.1 Å². The van der Waals surface area contributed by atoms with E-state index in [0.717, 1.165) is 11.1 Å². The zero-order chi connectivity index (χ0) is 24.3. The van der Waals surface area contributed by atoms with Gasteiger partial charge in [-0.3, -0.25) is 24.5 Å². The maximum absolute atomic E-state index is 13.1. The minimum atomic E-state index is -0.543. The number of carbonyl (C=O) groups is 3. The molecule has 0 spiro atoms. The number of allylic oxidation sites excluding steroid dienone is 2. The molecule has 2 fully saturated rings. The molecule has 1 saturated heterocycles. The zero-order valence-corrected chi connectivity index (χ0v) is 19.8. The highest BCUT2D eigenvalue weighted by Crippen LogP contribution is 2.53. The Morgan fingerprint density at radius 1 is 1.14 bits per heavy atom. The van der Waals surface area contributed by atoms with E-state index in [1.807, 2.05) is 0 Å². The third-order valence-corrected chi connectivity index (χ3v) is 8.94. The second kappa shape index (κ2) is 8.28. The summed E-state index contributed by atoms with van der Waals surface area (Å²) in [5, 5.41) is 13.7. The number of carbonyl (C=O) groups excluding carboxylic acids is 3. The average molecular weight is 507 g/mol. The van der Waals surface area contributed by atoms with Crippen molar-refractivity contribution in [1.29, 1.82) is 0 Å². The zero-order valence-electron chi connectivity index (χ0n) is 18.1. The van der Waals surface area contributed by atoms with Crippen molar-refractivity contribution in [2.24, 2.45) is 23.7 Å². The van der Waals surface area contributed by atoms with Crippen LogP contribution in [0.15, 0.2) is 59.0 Å². The maximum atomic E-state index is 13.1. The minimum absolute atomic E-state index is 0.0287. The second-order valence-electron chi connectivity index (χ2n) is 8.75. The summed E-state index contributed by atoms with van der Waals surface area (Å²) in [6, 6.07) is 11.3. The molecule has 11 heteroatoms. The van der Waals surface area contributed by atoms with Crippen LogP contribution in [0.1, 0.15) is 6.42 Å². The fraction of sp³-hybridized carbons (Fsp3) is 0.250. The number of aromatic nitrogens is 1. The van der Waals surface area contributed by atoms with Crippen molar-refractivity contribution in [3.8, 4) is 0 Å². The maximum Gasteiger partial charge on any atom is 0.292 e. The standard InChI is InChI=1S/C24H18N4O5S2/c29-19(25-15-3-1-2-4-17(15)28(32)33)11-34-24-26-16-8-7-14(10-18(16)35-24)27-22(30)20-12-5-6-13(9-12)21(20)23(27)31/h1-8,10,12-13,20-21H,9,11H2,(H,25,29)/t12-,13-,20-,21-/m0/s1. The molecule has 3 amide bonds. The molecule has 4 atom stereocenters. The van der Waals surface area contributed by atoms with E-state index in [1.54, 1.807) is 24.3 Å². The Bertz CT molecular complexity index is 1420. The molecule has 1 aromatic heterocycles. The van der Waals surface area contributed by atoms with Gasteiger partial charge in [-0.2, -0.15) is 0 Å². The van der Waals surface area contributed by atoms with Crippen LogP contribution in [0.25, 0.3) is 10.2 Å². The minimum Gasteiger partial charge on any atom is -0.320 e. The summed E-state index contributed by atoms with van der Waals surface area (Å²) < 4.78 is 1.45. The third kappa shape index (κ3) is 3.62. The summed E-state index contributed by atoms with van der Waals surface area (Å²) in [6.07, 6.45) is 5.03. The lowest BCUT2D eigenvalue weighted by atomic mass is 9.85. The highest BCUT2D eigenvalue weighted by atomic mass is 32.2. The summed E-state index contributed by atoms with van der Waals surface area (Å²) in [5.41, 5.74) is 1.24. The van der Waals surface area contributed by atoms with Gasteiger partial charge < -0.3 is 5.32 Å². The number of amides is 3. The smallest absolute Gasteiger partial charge is 0.292 e. The Kier molecular flexibility index (Phi) is 5.19. The van der Waals surface area contributed by atoms with E-state index >= 15 is 0 Å². The van der Waals surface area contributed by atoms with Crippen LogP contribution in [0, 0.1) is 33.8 Å². The van der Waals surface area contributed by atoms with E-state index in [1.165, 1.54) is 46.2 Å². The summed E-state index contributed by atoms with van der Waals surface area (Å²) in [4.78, 5) is 55.0. The summed E-state index contributed by atoms with van der Waals surface area (Å²) in [7, 11) is 0. The number of nitro benzene ring substituents is 1. The summed E-state index contributed by atoms with van der Waals surface area (Å²) >= 11 is 2.58.